The van der Waals surface area contributed by atoms with E-state index in [2.05, 4.69) is 15.0 Å². The molecule has 0 N–H and O–H groups in total. The zero-order valence-corrected chi connectivity index (χ0v) is 16.4. The molecule has 1 saturated carbocycles. The summed E-state index contributed by atoms with van der Waals surface area (Å²) in [6.07, 6.45) is 4.15. The van der Waals surface area contributed by atoms with E-state index in [1.165, 1.54) is 0 Å². The van der Waals surface area contributed by atoms with Crippen molar-refractivity contribution in [2.75, 3.05) is 31.1 Å². The van der Waals surface area contributed by atoms with E-state index in [1.54, 1.807) is 16.0 Å². The van der Waals surface area contributed by atoms with Crippen LogP contribution in [0.2, 0.25) is 0 Å². The Hall–Kier alpha value is -2.48. The first-order chi connectivity index (χ1) is 13.1. The summed E-state index contributed by atoms with van der Waals surface area (Å²) >= 11 is 1.65. The molecule has 0 atom stereocenters. The predicted molar refractivity (Wildman–Crippen MR) is 105 cm³/mol. The summed E-state index contributed by atoms with van der Waals surface area (Å²) in [6.45, 7) is 5.00. The second-order valence-electron chi connectivity index (χ2n) is 7.37. The lowest BCUT2D eigenvalue weighted by molar-refractivity contribution is 0.0748. The van der Waals surface area contributed by atoms with Crippen LogP contribution in [0.15, 0.2) is 17.6 Å². The Bertz CT molecular complexity index is 999. The second kappa shape index (κ2) is 6.30. The Labute approximate surface area is 161 Å². The first-order valence-corrected chi connectivity index (χ1v) is 10.3. The van der Waals surface area contributed by atoms with Gasteiger partial charge in [-0.3, -0.25) is 9.48 Å². The van der Waals surface area contributed by atoms with Crippen LogP contribution in [-0.4, -0.2) is 56.7 Å². The molecule has 1 aliphatic heterocycles. The normalized spacial score (nSPS) is 17.7. The topological polar surface area (TPSA) is 67.2 Å². The van der Waals surface area contributed by atoms with Gasteiger partial charge in [0.1, 0.15) is 0 Å². The third-order valence-electron chi connectivity index (χ3n) is 5.47. The van der Waals surface area contributed by atoms with Gasteiger partial charge in [-0.1, -0.05) is 0 Å². The Morgan fingerprint density at radius 1 is 1.22 bits per heavy atom. The molecule has 2 aliphatic rings. The molecular formula is C19H22N6OS. The lowest BCUT2D eigenvalue weighted by Crippen LogP contribution is -2.48. The number of fused-ring (bicyclic) bond motifs is 1. The van der Waals surface area contributed by atoms with Gasteiger partial charge in [-0.25, -0.2) is 9.97 Å². The van der Waals surface area contributed by atoms with E-state index in [0.29, 0.717) is 19.0 Å². The molecule has 0 spiro atoms. The standard InChI is InChI=1S/C19H22N6OS/c1-12-16-14(11-15(13-3-4-13)21-17(16)23(2)22-12)18(26)24-6-8-25(9-7-24)19-20-5-10-27-19/h5,10-11,13H,3-4,6-9H2,1-2H3. The molecule has 27 heavy (non-hydrogen) atoms. The number of pyridine rings is 1. The molecule has 3 aromatic rings. The second-order valence-corrected chi connectivity index (χ2v) is 8.24. The number of rotatable bonds is 3. The van der Waals surface area contributed by atoms with E-state index >= 15 is 0 Å². The average Bonchev–Trinajstić information content (AvgIpc) is 3.31. The highest BCUT2D eigenvalue weighted by molar-refractivity contribution is 7.13. The monoisotopic (exact) mass is 382 g/mol. The molecule has 1 saturated heterocycles. The number of hydrogen-bond donors (Lipinski definition) is 0. The Morgan fingerprint density at radius 2 is 2.00 bits per heavy atom. The van der Waals surface area contributed by atoms with Crippen LogP contribution in [0.1, 0.15) is 40.5 Å². The molecule has 140 valence electrons. The van der Waals surface area contributed by atoms with Gasteiger partial charge in [0.25, 0.3) is 5.91 Å². The number of piperazine rings is 1. The van der Waals surface area contributed by atoms with Gasteiger partial charge in [-0.05, 0) is 25.8 Å². The van der Waals surface area contributed by atoms with Crippen molar-refractivity contribution in [3.63, 3.8) is 0 Å². The van der Waals surface area contributed by atoms with Crippen LogP contribution in [0.25, 0.3) is 11.0 Å². The summed E-state index contributed by atoms with van der Waals surface area (Å²) in [4.78, 5) is 26.8. The molecule has 1 aliphatic carbocycles. The van der Waals surface area contributed by atoms with Crippen LogP contribution in [0.5, 0.6) is 0 Å². The third kappa shape index (κ3) is 2.88. The van der Waals surface area contributed by atoms with E-state index < -0.39 is 0 Å². The summed E-state index contributed by atoms with van der Waals surface area (Å²) in [5, 5.41) is 8.44. The number of aryl methyl sites for hydroxylation is 2. The fourth-order valence-corrected chi connectivity index (χ4v) is 4.56. The molecule has 0 unspecified atom stereocenters. The highest BCUT2D eigenvalue weighted by atomic mass is 32.1. The van der Waals surface area contributed by atoms with E-state index in [9.17, 15) is 4.79 Å². The van der Waals surface area contributed by atoms with Gasteiger partial charge >= 0.3 is 0 Å². The van der Waals surface area contributed by atoms with Gasteiger partial charge in [0.15, 0.2) is 10.8 Å². The Balaban J connectivity index is 1.45. The predicted octanol–water partition coefficient (Wildman–Crippen LogP) is 2.57. The number of amides is 1. The summed E-state index contributed by atoms with van der Waals surface area (Å²) in [6, 6.07) is 2.02. The number of carbonyl (C=O) groups excluding carboxylic acids is 1. The fraction of sp³-hybridized carbons (Fsp3) is 0.474. The van der Waals surface area contributed by atoms with Crippen molar-refractivity contribution in [3.05, 3.63) is 34.6 Å². The summed E-state index contributed by atoms with van der Waals surface area (Å²) in [7, 11) is 1.90. The van der Waals surface area contributed by atoms with Crippen LogP contribution < -0.4 is 4.90 Å². The van der Waals surface area contributed by atoms with Crippen molar-refractivity contribution in [3.8, 4) is 0 Å². The van der Waals surface area contributed by atoms with E-state index in [4.69, 9.17) is 4.98 Å². The van der Waals surface area contributed by atoms with Crippen molar-refractivity contribution in [2.24, 2.45) is 7.05 Å². The number of anilines is 1. The van der Waals surface area contributed by atoms with Crippen molar-refractivity contribution in [2.45, 2.75) is 25.7 Å². The van der Waals surface area contributed by atoms with Crippen molar-refractivity contribution in [1.82, 2.24) is 24.6 Å². The summed E-state index contributed by atoms with van der Waals surface area (Å²) in [5.41, 5.74) is 3.49. The molecule has 8 heteroatoms. The lowest BCUT2D eigenvalue weighted by Gasteiger charge is -2.34. The van der Waals surface area contributed by atoms with Gasteiger partial charge < -0.3 is 9.80 Å². The maximum absolute atomic E-state index is 13.4. The van der Waals surface area contributed by atoms with Crippen molar-refractivity contribution < 1.29 is 4.79 Å². The number of hydrogen-bond acceptors (Lipinski definition) is 6. The summed E-state index contributed by atoms with van der Waals surface area (Å²) in [5.74, 6) is 0.595. The molecule has 4 heterocycles. The van der Waals surface area contributed by atoms with Crippen LogP contribution in [0.4, 0.5) is 5.13 Å². The quantitative estimate of drug-likeness (QED) is 0.696. The van der Waals surface area contributed by atoms with Gasteiger partial charge in [0, 0.05) is 56.4 Å². The number of thiazole rings is 1. The largest absolute Gasteiger partial charge is 0.345 e. The zero-order valence-electron chi connectivity index (χ0n) is 15.6. The van der Waals surface area contributed by atoms with Gasteiger partial charge in [0.05, 0.1) is 16.6 Å². The summed E-state index contributed by atoms with van der Waals surface area (Å²) < 4.78 is 1.80. The van der Waals surface area contributed by atoms with E-state index in [0.717, 1.165) is 59.0 Å². The van der Waals surface area contributed by atoms with Crippen LogP contribution >= 0.6 is 11.3 Å². The average molecular weight is 382 g/mol. The van der Waals surface area contributed by atoms with Gasteiger partial charge in [0.2, 0.25) is 0 Å². The first-order valence-electron chi connectivity index (χ1n) is 9.40. The molecule has 1 amide bonds. The molecular weight excluding hydrogens is 360 g/mol. The SMILES string of the molecule is Cc1nn(C)c2nc(C3CC3)cc(C(=O)N3CCN(c4nccs4)CC3)c12. The minimum Gasteiger partial charge on any atom is -0.345 e. The highest BCUT2D eigenvalue weighted by Crippen LogP contribution is 2.40. The van der Waals surface area contributed by atoms with Crippen LogP contribution in [0.3, 0.4) is 0 Å². The number of aromatic nitrogens is 4. The minimum absolute atomic E-state index is 0.0965. The van der Waals surface area contributed by atoms with E-state index in [-0.39, 0.29) is 5.91 Å². The van der Waals surface area contributed by atoms with Crippen molar-refractivity contribution in [1.29, 1.82) is 0 Å². The maximum atomic E-state index is 13.4. The van der Waals surface area contributed by atoms with Gasteiger partial charge in [-0.15, -0.1) is 11.3 Å². The third-order valence-corrected chi connectivity index (χ3v) is 6.30. The lowest BCUT2D eigenvalue weighted by atomic mass is 10.1. The fourth-order valence-electron chi connectivity index (χ4n) is 3.86. The number of nitrogens with zero attached hydrogens (tertiary/aromatic N) is 6. The van der Waals surface area contributed by atoms with E-state index in [1.807, 2.05) is 36.5 Å². The molecule has 3 aromatic heterocycles. The number of carbonyl (C=O) groups is 1. The highest BCUT2D eigenvalue weighted by Gasteiger charge is 2.30. The molecule has 0 bridgehead atoms. The molecule has 5 rings (SSSR count). The molecule has 7 nitrogen and oxygen atoms in total. The Morgan fingerprint density at radius 3 is 2.67 bits per heavy atom. The van der Waals surface area contributed by atoms with Crippen LogP contribution in [-0.2, 0) is 7.05 Å². The minimum atomic E-state index is 0.0965. The van der Waals surface area contributed by atoms with Gasteiger partial charge in [-0.2, -0.15) is 5.10 Å². The molecule has 0 radical (unpaired) electrons. The molecule has 2 fully saturated rings. The smallest absolute Gasteiger partial charge is 0.254 e. The molecule has 0 aromatic carbocycles. The van der Waals surface area contributed by atoms with Crippen molar-refractivity contribution >= 4 is 33.4 Å². The maximum Gasteiger partial charge on any atom is 0.254 e. The Kier molecular flexibility index (Phi) is 3.89. The van der Waals surface area contributed by atoms with Crippen LogP contribution in [0, 0.1) is 6.92 Å². The first kappa shape index (κ1) is 16.7. The zero-order chi connectivity index (χ0) is 18.5.